The third-order valence-corrected chi connectivity index (χ3v) is 7.70. The van der Waals surface area contributed by atoms with Gasteiger partial charge in [-0.15, -0.1) is 0 Å². The molecule has 0 spiro atoms. The van der Waals surface area contributed by atoms with Crippen LogP contribution >= 0.6 is 0 Å². The van der Waals surface area contributed by atoms with E-state index >= 15 is 0 Å². The number of hydrogen-bond donors (Lipinski definition) is 0. The summed E-state index contributed by atoms with van der Waals surface area (Å²) < 4.78 is 27.4. The molecule has 1 aliphatic heterocycles. The zero-order chi connectivity index (χ0) is 23.3. The molecule has 0 aliphatic carbocycles. The van der Waals surface area contributed by atoms with Crippen LogP contribution in [-0.4, -0.2) is 56.1 Å². The van der Waals surface area contributed by atoms with Crippen LogP contribution in [0.25, 0.3) is 11.1 Å². The van der Waals surface area contributed by atoms with Crippen LogP contribution in [0.5, 0.6) is 0 Å². The Morgan fingerprint density at radius 1 is 0.848 bits per heavy atom. The number of nitriles is 1. The van der Waals surface area contributed by atoms with Crippen LogP contribution in [0.3, 0.4) is 0 Å². The normalized spacial score (nSPS) is 15.1. The molecule has 1 aliphatic rings. The highest BCUT2D eigenvalue weighted by Gasteiger charge is 2.28. The minimum Gasteiger partial charge on any atom is -0.293 e. The Morgan fingerprint density at radius 2 is 1.48 bits per heavy atom. The molecule has 0 radical (unpaired) electrons. The molecule has 6 nitrogen and oxygen atoms in total. The molecule has 7 heteroatoms. The van der Waals surface area contributed by atoms with Gasteiger partial charge < -0.3 is 0 Å². The topological polar surface area (TPSA) is 81.5 Å². The van der Waals surface area contributed by atoms with E-state index in [2.05, 4.69) is 6.07 Å². The first kappa shape index (κ1) is 22.9. The minimum atomic E-state index is -3.46. The molecule has 0 saturated carbocycles. The second-order valence-electron chi connectivity index (χ2n) is 8.07. The maximum Gasteiger partial charge on any atom is 0.218 e. The Kier molecular flexibility index (Phi) is 6.99. The summed E-state index contributed by atoms with van der Waals surface area (Å²) in [6, 6.07) is 26.0. The van der Waals surface area contributed by atoms with E-state index < -0.39 is 10.0 Å². The molecule has 3 aromatic rings. The molecule has 0 N–H and O–H groups in total. The van der Waals surface area contributed by atoms with Crippen molar-refractivity contribution < 1.29 is 13.2 Å². The fraction of sp³-hybridized carbons (Fsp3) is 0.231. The quantitative estimate of drug-likeness (QED) is 0.505. The second kappa shape index (κ2) is 10.1. The Labute approximate surface area is 194 Å². The first-order chi connectivity index (χ1) is 16.0. The third kappa shape index (κ3) is 5.55. The van der Waals surface area contributed by atoms with Crippen LogP contribution in [0.15, 0.2) is 78.9 Å². The van der Waals surface area contributed by atoms with Crippen molar-refractivity contribution >= 4 is 15.8 Å². The molecular weight excluding hydrogens is 434 g/mol. The monoisotopic (exact) mass is 459 g/mol. The molecule has 3 aromatic carbocycles. The predicted octanol–water partition coefficient (Wildman–Crippen LogP) is 3.56. The number of ketones is 1. The lowest BCUT2D eigenvalue weighted by Crippen LogP contribution is -2.50. The lowest BCUT2D eigenvalue weighted by atomic mass is 10.00. The average Bonchev–Trinajstić information content (AvgIpc) is 2.85. The van der Waals surface area contributed by atoms with Gasteiger partial charge in [-0.3, -0.25) is 9.69 Å². The van der Waals surface area contributed by atoms with Crippen molar-refractivity contribution in [2.45, 2.75) is 5.75 Å². The lowest BCUT2D eigenvalue weighted by molar-refractivity contribution is 0.0901. The molecule has 0 aromatic heterocycles. The van der Waals surface area contributed by atoms with Gasteiger partial charge in [0.25, 0.3) is 0 Å². The molecule has 1 fully saturated rings. The number of piperazine rings is 1. The molecule has 4 rings (SSSR count). The van der Waals surface area contributed by atoms with E-state index in [1.807, 2.05) is 53.4 Å². The maximum absolute atomic E-state index is 13.0. The molecule has 0 amide bonds. The summed E-state index contributed by atoms with van der Waals surface area (Å²) in [7, 11) is -3.46. The first-order valence-electron chi connectivity index (χ1n) is 10.8. The van der Waals surface area contributed by atoms with Gasteiger partial charge in [-0.2, -0.15) is 9.57 Å². The number of rotatable bonds is 7. The number of benzene rings is 3. The van der Waals surface area contributed by atoms with Gasteiger partial charge in [-0.25, -0.2) is 8.42 Å². The minimum absolute atomic E-state index is 0.0463. The van der Waals surface area contributed by atoms with Gasteiger partial charge in [0.2, 0.25) is 10.0 Å². The molecule has 0 unspecified atom stereocenters. The van der Waals surface area contributed by atoms with E-state index in [1.165, 1.54) is 4.31 Å². The van der Waals surface area contributed by atoms with E-state index in [-0.39, 0.29) is 11.5 Å². The Morgan fingerprint density at radius 3 is 2.15 bits per heavy atom. The summed E-state index contributed by atoms with van der Waals surface area (Å²) in [6.07, 6.45) is 0. The van der Waals surface area contributed by atoms with Crippen molar-refractivity contribution in [2.24, 2.45) is 0 Å². The highest BCUT2D eigenvalue weighted by atomic mass is 32.2. The predicted molar refractivity (Wildman–Crippen MR) is 128 cm³/mol. The highest BCUT2D eigenvalue weighted by Crippen LogP contribution is 2.24. The van der Waals surface area contributed by atoms with Crippen LogP contribution in [0.2, 0.25) is 0 Å². The van der Waals surface area contributed by atoms with Crippen molar-refractivity contribution in [3.8, 4) is 17.2 Å². The van der Waals surface area contributed by atoms with E-state index in [1.54, 1.807) is 30.3 Å². The van der Waals surface area contributed by atoms with Gasteiger partial charge in [-0.05, 0) is 22.8 Å². The van der Waals surface area contributed by atoms with Gasteiger partial charge >= 0.3 is 0 Å². The van der Waals surface area contributed by atoms with Crippen LogP contribution in [0.4, 0.5) is 0 Å². The first-order valence-corrected chi connectivity index (χ1v) is 12.4. The molecule has 0 atom stereocenters. The highest BCUT2D eigenvalue weighted by molar-refractivity contribution is 7.88. The molecule has 168 valence electrons. The van der Waals surface area contributed by atoms with Gasteiger partial charge in [0.1, 0.15) is 0 Å². The zero-order valence-electron chi connectivity index (χ0n) is 18.2. The summed E-state index contributed by atoms with van der Waals surface area (Å²) in [5.41, 5.74) is 3.67. The van der Waals surface area contributed by atoms with Crippen LogP contribution in [0.1, 0.15) is 21.5 Å². The van der Waals surface area contributed by atoms with Crippen LogP contribution < -0.4 is 0 Å². The van der Waals surface area contributed by atoms with Crippen molar-refractivity contribution in [2.75, 3.05) is 32.7 Å². The number of carbonyl (C=O) groups excluding carboxylic acids is 1. The average molecular weight is 460 g/mol. The molecule has 33 heavy (non-hydrogen) atoms. The van der Waals surface area contributed by atoms with Gasteiger partial charge in [0.15, 0.2) is 5.78 Å². The van der Waals surface area contributed by atoms with E-state index in [9.17, 15) is 18.5 Å². The van der Waals surface area contributed by atoms with Gasteiger partial charge in [0, 0.05) is 31.7 Å². The lowest BCUT2D eigenvalue weighted by Gasteiger charge is -2.33. The number of sulfonamides is 1. The smallest absolute Gasteiger partial charge is 0.218 e. The fourth-order valence-electron chi connectivity index (χ4n) is 4.00. The van der Waals surface area contributed by atoms with E-state index in [0.29, 0.717) is 49.4 Å². The number of Topliss-reactive ketones (excluding diaryl/α,β-unsaturated/α-hetero) is 1. The van der Waals surface area contributed by atoms with Gasteiger partial charge in [0.05, 0.1) is 23.9 Å². The standard InChI is InChI=1S/C26H25N3O3S/c27-18-24-8-4-5-9-25(24)22-12-10-21(11-13-22)20-33(31,32)29-16-14-28(15-17-29)19-26(30)23-6-2-1-3-7-23/h1-13H,14-17,19-20H2. The summed E-state index contributed by atoms with van der Waals surface area (Å²) in [5, 5.41) is 9.30. The summed E-state index contributed by atoms with van der Waals surface area (Å²) in [6.45, 7) is 2.10. The van der Waals surface area contributed by atoms with Crippen LogP contribution in [-0.2, 0) is 15.8 Å². The second-order valence-corrected chi connectivity index (χ2v) is 10.0. The molecule has 1 heterocycles. The van der Waals surface area contributed by atoms with Crippen molar-refractivity contribution in [1.29, 1.82) is 5.26 Å². The number of hydrogen-bond acceptors (Lipinski definition) is 5. The summed E-state index contributed by atoms with van der Waals surface area (Å²) in [5.74, 6) is -0.0270. The summed E-state index contributed by atoms with van der Waals surface area (Å²) in [4.78, 5) is 14.4. The van der Waals surface area contributed by atoms with E-state index in [0.717, 1.165) is 11.1 Å². The zero-order valence-corrected chi connectivity index (χ0v) is 19.0. The maximum atomic E-state index is 13.0. The number of carbonyl (C=O) groups is 1. The Hall–Kier alpha value is -3.31. The number of nitrogens with zero attached hydrogens (tertiary/aromatic N) is 3. The van der Waals surface area contributed by atoms with Crippen molar-refractivity contribution in [3.05, 3.63) is 95.6 Å². The van der Waals surface area contributed by atoms with Crippen molar-refractivity contribution in [3.63, 3.8) is 0 Å². The van der Waals surface area contributed by atoms with E-state index in [4.69, 9.17) is 0 Å². The Balaban J connectivity index is 1.35. The molecular formula is C26H25N3O3S. The summed E-state index contributed by atoms with van der Waals surface area (Å²) >= 11 is 0. The van der Waals surface area contributed by atoms with Gasteiger partial charge in [-0.1, -0.05) is 72.8 Å². The van der Waals surface area contributed by atoms with Crippen LogP contribution in [0, 0.1) is 11.3 Å². The SMILES string of the molecule is N#Cc1ccccc1-c1ccc(CS(=O)(=O)N2CCN(CC(=O)c3ccccc3)CC2)cc1. The molecule has 1 saturated heterocycles. The third-order valence-electron chi connectivity index (χ3n) is 5.85. The van der Waals surface area contributed by atoms with Crippen molar-refractivity contribution in [1.82, 2.24) is 9.21 Å². The largest absolute Gasteiger partial charge is 0.293 e. The molecule has 0 bridgehead atoms. The Bertz CT molecular complexity index is 1260. The fourth-order valence-corrected chi connectivity index (χ4v) is 5.51.